The average Bonchev–Trinajstić information content (AvgIpc) is 3.26. The molecule has 8 nitrogen and oxygen atoms in total. The number of imidazole rings is 1. The summed E-state index contributed by atoms with van der Waals surface area (Å²) < 4.78 is 28.1. The molecule has 2 aromatic carbocycles. The minimum Gasteiger partial charge on any atom is -0.478 e. The lowest BCUT2D eigenvalue weighted by Crippen LogP contribution is -2.35. The van der Waals surface area contributed by atoms with E-state index in [1.165, 1.54) is 11.6 Å². The van der Waals surface area contributed by atoms with E-state index >= 15 is 0 Å². The highest BCUT2D eigenvalue weighted by molar-refractivity contribution is 6.30. The van der Waals surface area contributed by atoms with Crippen molar-refractivity contribution in [3.05, 3.63) is 88.0 Å². The maximum absolute atomic E-state index is 14.2. The van der Waals surface area contributed by atoms with Gasteiger partial charge in [-0.05, 0) is 49.2 Å². The summed E-state index contributed by atoms with van der Waals surface area (Å²) in [4.78, 5) is 23.3. The monoisotopic (exact) mass is 564 g/mol. The number of hydrogen-bond acceptors (Lipinski definition) is 6. The summed E-state index contributed by atoms with van der Waals surface area (Å²) in [6.07, 6.45) is 9.49. The number of hydrogen-bond donors (Lipinski definition) is 1. The van der Waals surface area contributed by atoms with E-state index in [2.05, 4.69) is 26.6 Å². The smallest absolute Gasteiger partial charge is 0.335 e. The number of benzene rings is 2. The van der Waals surface area contributed by atoms with E-state index in [1.54, 1.807) is 36.5 Å². The molecule has 10 heteroatoms. The first-order valence-corrected chi connectivity index (χ1v) is 13.8. The molecule has 3 atom stereocenters. The maximum atomic E-state index is 14.2. The minimum absolute atomic E-state index is 0.0164. The van der Waals surface area contributed by atoms with Gasteiger partial charge in [-0.2, -0.15) is 0 Å². The van der Waals surface area contributed by atoms with Crippen molar-refractivity contribution in [1.29, 1.82) is 0 Å². The van der Waals surface area contributed by atoms with Crippen molar-refractivity contribution >= 4 is 34.8 Å². The Morgan fingerprint density at radius 3 is 2.85 bits per heavy atom. The molecule has 1 saturated heterocycles. The van der Waals surface area contributed by atoms with Crippen LogP contribution in [0.1, 0.15) is 34.6 Å². The van der Waals surface area contributed by atoms with Crippen molar-refractivity contribution in [1.82, 2.24) is 14.5 Å². The number of carboxylic acid groups (broad SMARTS) is 1. The zero-order valence-electron chi connectivity index (χ0n) is 21.9. The fraction of sp³-hybridized carbons (Fsp3) is 0.367. The van der Waals surface area contributed by atoms with Crippen LogP contribution in [0.15, 0.2) is 65.2 Å². The van der Waals surface area contributed by atoms with E-state index in [4.69, 9.17) is 26.1 Å². The number of carboxylic acids is 1. The highest BCUT2D eigenvalue weighted by Crippen LogP contribution is 2.30. The Kier molecular flexibility index (Phi) is 7.80. The van der Waals surface area contributed by atoms with Gasteiger partial charge in [0.1, 0.15) is 11.6 Å². The molecule has 4 heterocycles. The van der Waals surface area contributed by atoms with Crippen molar-refractivity contribution in [2.24, 2.45) is 10.9 Å². The molecular formula is C30H30ClFN4O4. The Morgan fingerprint density at radius 1 is 1.25 bits per heavy atom. The second-order valence-corrected chi connectivity index (χ2v) is 10.8. The quantitative estimate of drug-likeness (QED) is 0.357. The lowest BCUT2D eigenvalue weighted by Gasteiger charge is -2.32. The van der Waals surface area contributed by atoms with Gasteiger partial charge in [-0.1, -0.05) is 35.4 Å². The molecule has 3 aromatic rings. The van der Waals surface area contributed by atoms with Crippen LogP contribution < -0.4 is 0 Å². The summed E-state index contributed by atoms with van der Waals surface area (Å²) in [6, 6.07) is 9.66. The highest BCUT2D eigenvalue weighted by Gasteiger charge is 2.28. The Bertz CT molecular complexity index is 1510. The molecular weight excluding hydrogens is 535 g/mol. The number of carbonyl (C=O) groups is 1. The van der Waals surface area contributed by atoms with Gasteiger partial charge >= 0.3 is 5.97 Å². The van der Waals surface area contributed by atoms with E-state index in [0.717, 1.165) is 49.4 Å². The van der Waals surface area contributed by atoms with Gasteiger partial charge < -0.3 is 19.1 Å². The second-order valence-electron chi connectivity index (χ2n) is 10.3. The molecule has 0 bridgehead atoms. The molecule has 0 saturated carbocycles. The summed E-state index contributed by atoms with van der Waals surface area (Å²) in [6.45, 7) is 3.74. The van der Waals surface area contributed by atoms with Gasteiger partial charge in [0.25, 0.3) is 0 Å². The number of dihydropyridines is 1. The molecule has 208 valence electrons. The Hall–Kier alpha value is -3.37. The Labute approximate surface area is 236 Å². The van der Waals surface area contributed by atoms with Crippen LogP contribution >= 0.6 is 11.6 Å². The number of fused-ring (bicyclic) bond motifs is 1. The number of aromatic carboxylic acids is 1. The minimum atomic E-state index is -0.952. The zero-order chi connectivity index (χ0) is 27.6. The van der Waals surface area contributed by atoms with Gasteiger partial charge in [-0.25, -0.2) is 14.2 Å². The molecule has 1 fully saturated rings. The number of allylic oxidation sites excluding steroid dienone is 1. The van der Waals surface area contributed by atoms with Crippen LogP contribution in [0.5, 0.6) is 0 Å². The molecule has 40 heavy (non-hydrogen) atoms. The van der Waals surface area contributed by atoms with E-state index in [9.17, 15) is 14.3 Å². The van der Waals surface area contributed by atoms with Gasteiger partial charge in [0.15, 0.2) is 6.23 Å². The molecule has 0 radical (unpaired) electrons. The normalized spacial score (nSPS) is 22.9. The summed E-state index contributed by atoms with van der Waals surface area (Å²) in [5.74, 6) is -0.456. The maximum Gasteiger partial charge on any atom is 0.335 e. The van der Waals surface area contributed by atoms with E-state index in [0.29, 0.717) is 23.7 Å². The van der Waals surface area contributed by atoms with Crippen molar-refractivity contribution in [3.8, 4) is 0 Å². The van der Waals surface area contributed by atoms with Crippen LogP contribution in [-0.4, -0.2) is 63.8 Å². The van der Waals surface area contributed by atoms with Crippen molar-refractivity contribution in [3.63, 3.8) is 0 Å². The molecule has 6 rings (SSSR count). The lowest BCUT2D eigenvalue weighted by atomic mass is 9.90. The number of aromatic nitrogens is 2. The van der Waals surface area contributed by atoms with E-state index < -0.39 is 12.2 Å². The third kappa shape index (κ3) is 5.74. The predicted octanol–water partition coefficient (Wildman–Crippen LogP) is 5.25. The second kappa shape index (κ2) is 11.6. The zero-order valence-corrected chi connectivity index (χ0v) is 22.6. The summed E-state index contributed by atoms with van der Waals surface area (Å²) in [5, 5.41) is 9.85. The number of rotatable bonds is 9. The number of nitrogens with zero attached hydrogens (tertiary/aromatic N) is 4. The van der Waals surface area contributed by atoms with Crippen LogP contribution in [0.4, 0.5) is 4.39 Å². The molecule has 3 aliphatic heterocycles. The van der Waals surface area contributed by atoms with Crippen molar-refractivity contribution in [2.75, 3.05) is 19.7 Å². The fourth-order valence-corrected chi connectivity index (χ4v) is 5.55. The third-order valence-corrected chi connectivity index (χ3v) is 7.98. The van der Waals surface area contributed by atoms with Crippen LogP contribution in [0.25, 0.3) is 11.0 Å². The van der Waals surface area contributed by atoms with E-state index in [-0.39, 0.29) is 30.0 Å². The molecule has 2 unspecified atom stereocenters. The topological polar surface area (TPSA) is 89.2 Å². The van der Waals surface area contributed by atoms with Crippen LogP contribution in [0.2, 0.25) is 5.02 Å². The molecule has 3 aliphatic rings. The van der Waals surface area contributed by atoms with Gasteiger partial charge in [0.05, 0.1) is 42.4 Å². The number of halogens is 2. The first kappa shape index (κ1) is 26.8. The van der Waals surface area contributed by atoms with Crippen LogP contribution in [0, 0.1) is 11.7 Å². The van der Waals surface area contributed by atoms with Gasteiger partial charge in [-0.15, -0.1) is 0 Å². The van der Waals surface area contributed by atoms with Crippen molar-refractivity contribution < 1.29 is 23.8 Å². The SMILES string of the molecule is O=C(O)c1ccc2nc(CN3CC=C(C4C=CC=NC4OCc4ccc(Cl)cc4F)CC3)n(C[C@@H]3CCO3)c2c1. The Morgan fingerprint density at radius 2 is 2.12 bits per heavy atom. The highest BCUT2D eigenvalue weighted by atomic mass is 35.5. The van der Waals surface area contributed by atoms with Gasteiger partial charge in [-0.3, -0.25) is 9.89 Å². The largest absolute Gasteiger partial charge is 0.478 e. The number of aliphatic imine (C=N–C) groups is 1. The molecule has 0 spiro atoms. The van der Waals surface area contributed by atoms with Crippen LogP contribution in [0.3, 0.4) is 0 Å². The lowest BCUT2D eigenvalue weighted by molar-refractivity contribution is -0.0591. The first-order chi connectivity index (χ1) is 19.4. The summed E-state index contributed by atoms with van der Waals surface area (Å²) in [5.41, 5.74) is 3.55. The van der Waals surface area contributed by atoms with Gasteiger partial charge in [0.2, 0.25) is 0 Å². The average molecular weight is 565 g/mol. The summed E-state index contributed by atoms with van der Waals surface area (Å²) >= 11 is 5.87. The molecule has 0 amide bonds. The predicted molar refractivity (Wildman–Crippen MR) is 150 cm³/mol. The van der Waals surface area contributed by atoms with Gasteiger partial charge in [0, 0.05) is 42.4 Å². The number of ether oxygens (including phenoxy) is 2. The molecule has 1 N–H and O–H groups in total. The van der Waals surface area contributed by atoms with E-state index in [1.807, 2.05) is 6.08 Å². The summed E-state index contributed by atoms with van der Waals surface area (Å²) in [7, 11) is 0. The standard InChI is InChI=1S/C30H30ClFN4O4/c31-22-5-3-21(25(32)15-22)18-40-29-24(2-1-10-33-29)19-7-11-35(12-8-19)17-28-34-26-6-4-20(30(37)38)14-27(26)36(28)16-23-9-13-39-23/h1-7,10,14-15,23-24,29H,8-9,11-13,16-18H2,(H,37,38)/t23-,24?,29?/m0/s1. The van der Waals surface area contributed by atoms with Crippen molar-refractivity contribution in [2.45, 2.75) is 44.9 Å². The molecule has 1 aromatic heterocycles. The third-order valence-electron chi connectivity index (χ3n) is 7.74. The fourth-order valence-electron chi connectivity index (χ4n) is 5.39. The van der Waals surface area contributed by atoms with Crippen LogP contribution in [-0.2, 0) is 29.2 Å². The first-order valence-electron chi connectivity index (χ1n) is 13.5. The molecule has 0 aliphatic carbocycles. The Balaban J connectivity index is 1.15.